The van der Waals surface area contributed by atoms with Gasteiger partial charge in [0, 0.05) is 26.7 Å². The van der Waals surface area contributed by atoms with Crippen LogP contribution in [-0.2, 0) is 0 Å². The van der Waals surface area contributed by atoms with Gasteiger partial charge in [-0.2, -0.15) is 0 Å². The van der Waals surface area contributed by atoms with E-state index in [2.05, 4.69) is 35.1 Å². The summed E-state index contributed by atoms with van der Waals surface area (Å²) in [6.07, 6.45) is 1.30. The van der Waals surface area contributed by atoms with Crippen molar-refractivity contribution in [2.45, 2.75) is 26.2 Å². The molecule has 0 saturated carbocycles. The molecule has 0 aromatic carbocycles. The van der Waals surface area contributed by atoms with Crippen molar-refractivity contribution >= 4 is 27.3 Å². The topological polar surface area (TPSA) is 12.0 Å². The second-order valence-electron chi connectivity index (χ2n) is 3.65. The van der Waals surface area contributed by atoms with Crippen LogP contribution in [0.15, 0.2) is 4.47 Å². The predicted molar refractivity (Wildman–Crippen MR) is 61.7 cm³/mol. The minimum absolute atomic E-state index is 0.759. The van der Waals surface area contributed by atoms with Gasteiger partial charge in [0.25, 0.3) is 0 Å². The Balaban J connectivity index is 2.34. The van der Waals surface area contributed by atoms with Gasteiger partial charge in [-0.25, -0.2) is 0 Å². The molecule has 1 atom stereocenters. The van der Waals surface area contributed by atoms with Crippen LogP contribution in [0, 0.1) is 13.8 Å². The van der Waals surface area contributed by atoms with Crippen molar-refractivity contribution in [3.05, 3.63) is 19.8 Å². The zero-order valence-corrected chi connectivity index (χ0v) is 10.4. The van der Waals surface area contributed by atoms with Crippen molar-refractivity contribution in [1.29, 1.82) is 0 Å². The smallest absolute Gasteiger partial charge is 0.0343 e. The summed E-state index contributed by atoms with van der Waals surface area (Å²) in [5.74, 6) is 0.759. The number of rotatable bonds is 1. The number of halogens is 1. The van der Waals surface area contributed by atoms with Crippen molar-refractivity contribution in [2.75, 3.05) is 13.1 Å². The van der Waals surface area contributed by atoms with Crippen molar-refractivity contribution in [1.82, 2.24) is 5.32 Å². The zero-order valence-electron chi connectivity index (χ0n) is 7.98. The van der Waals surface area contributed by atoms with Crippen molar-refractivity contribution in [3.8, 4) is 0 Å². The fourth-order valence-electron chi connectivity index (χ4n) is 1.93. The SMILES string of the molecule is Cc1sc(C2CCNC2)c(C)c1Br. The molecule has 1 aromatic heterocycles. The van der Waals surface area contributed by atoms with E-state index in [1.54, 1.807) is 4.88 Å². The summed E-state index contributed by atoms with van der Waals surface area (Å²) in [7, 11) is 0. The molecule has 0 radical (unpaired) electrons. The van der Waals surface area contributed by atoms with Gasteiger partial charge in [0.1, 0.15) is 0 Å². The Morgan fingerprint density at radius 3 is 2.69 bits per heavy atom. The molecule has 1 fully saturated rings. The molecule has 0 amide bonds. The average molecular weight is 260 g/mol. The monoisotopic (exact) mass is 259 g/mol. The number of nitrogens with one attached hydrogen (secondary N) is 1. The van der Waals surface area contributed by atoms with Gasteiger partial charge >= 0.3 is 0 Å². The molecule has 1 saturated heterocycles. The normalized spacial score (nSPS) is 22.5. The third-order valence-electron chi connectivity index (χ3n) is 2.70. The first-order chi connectivity index (χ1) is 6.20. The predicted octanol–water partition coefficient (Wildman–Crippen LogP) is 3.20. The molecule has 0 spiro atoms. The summed E-state index contributed by atoms with van der Waals surface area (Å²) in [6.45, 7) is 6.75. The average Bonchev–Trinajstić information content (AvgIpc) is 2.70. The quantitative estimate of drug-likeness (QED) is 0.817. The Bertz CT molecular complexity index is 313. The Morgan fingerprint density at radius 1 is 1.46 bits per heavy atom. The lowest BCUT2D eigenvalue weighted by molar-refractivity contribution is 0.773. The van der Waals surface area contributed by atoms with E-state index in [-0.39, 0.29) is 0 Å². The van der Waals surface area contributed by atoms with Crippen LogP contribution in [0.5, 0.6) is 0 Å². The Kier molecular flexibility index (Phi) is 2.77. The van der Waals surface area contributed by atoms with Gasteiger partial charge in [0.05, 0.1) is 0 Å². The molecular weight excluding hydrogens is 246 g/mol. The number of aryl methyl sites for hydroxylation is 1. The Labute approximate surface area is 91.7 Å². The van der Waals surface area contributed by atoms with Crippen LogP contribution >= 0.6 is 27.3 Å². The first-order valence-electron chi connectivity index (χ1n) is 4.66. The highest BCUT2D eigenvalue weighted by molar-refractivity contribution is 9.10. The summed E-state index contributed by atoms with van der Waals surface area (Å²) in [5.41, 5.74) is 1.45. The third kappa shape index (κ3) is 1.69. The van der Waals surface area contributed by atoms with Gasteiger partial charge in [-0.05, 0) is 48.3 Å². The van der Waals surface area contributed by atoms with Gasteiger partial charge in [0.2, 0.25) is 0 Å². The van der Waals surface area contributed by atoms with Gasteiger partial charge < -0.3 is 5.32 Å². The van der Waals surface area contributed by atoms with E-state index in [9.17, 15) is 0 Å². The van der Waals surface area contributed by atoms with E-state index < -0.39 is 0 Å². The van der Waals surface area contributed by atoms with Gasteiger partial charge in [-0.1, -0.05) is 0 Å². The van der Waals surface area contributed by atoms with Gasteiger partial charge in [0.15, 0.2) is 0 Å². The second-order valence-corrected chi connectivity index (χ2v) is 5.70. The lowest BCUT2D eigenvalue weighted by atomic mass is 10.0. The lowest BCUT2D eigenvalue weighted by Gasteiger charge is -2.06. The molecule has 1 N–H and O–H groups in total. The summed E-state index contributed by atoms with van der Waals surface area (Å²) in [4.78, 5) is 2.99. The molecule has 0 bridgehead atoms. The second kappa shape index (κ2) is 3.71. The van der Waals surface area contributed by atoms with E-state index in [1.165, 1.54) is 27.9 Å². The maximum atomic E-state index is 3.64. The van der Waals surface area contributed by atoms with Crippen molar-refractivity contribution in [3.63, 3.8) is 0 Å². The fourth-order valence-corrected chi connectivity index (χ4v) is 3.71. The largest absolute Gasteiger partial charge is 0.316 e. The van der Waals surface area contributed by atoms with Crippen molar-refractivity contribution in [2.24, 2.45) is 0 Å². The lowest BCUT2D eigenvalue weighted by Crippen LogP contribution is -2.07. The van der Waals surface area contributed by atoms with E-state index in [1.807, 2.05) is 11.3 Å². The molecule has 0 aliphatic carbocycles. The minimum Gasteiger partial charge on any atom is -0.316 e. The van der Waals surface area contributed by atoms with Crippen LogP contribution < -0.4 is 5.32 Å². The maximum Gasteiger partial charge on any atom is 0.0343 e. The Morgan fingerprint density at radius 2 is 2.23 bits per heavy atom. The maximum absolute atomic E-state index is 3.64. The number of hydrogen-bond acceptors (Lipinski definition) is 2. The zero-order chi connectivity index (χ0) is 9.42. The van der Waals surface area contributed by atoms with Gasteiger partial charge in [-0.15, -0.1) is 11.3 Å². The molecule has 2 heterocycles. The van der Waals surface area contributed by atoms with Crippen LogP contribution in [0.2, 0.25) is 0 Å². The van der Waals surface area contributed by atoms with Crippen LogP contribution in [0.25, 0.3) is 0 Å². The number of hydrogen-bond donors (Lipinski definition) is 1. The van der Waals surface area contributed by atoms with Crippen LogP contribution in [0.4, 0.5) is 0 Å². The molecule has 1 aliphatic rings. The summed E-state index contributed by atoms with van der Waals surface area (Å²) < 4.78 is 1.32. The van der Waals surface area contributed by atoms with Crippen LogP contribution in [0.1, 0.15) is 27.7 Å². The summed E-state index contributed by atoms with van der Waals surface area (Å²) in [6, 6.07) is 0. The fraction of sp³-hybridized carbons (Fsp3) is 0.600. The first kappa shape index (κ1) is 9.69. The minimum atomic E-state index is 0.759. The molecule has 1 aliphatic heterocycles. The van der Waals surface area contributed by atoms with Gasteiger partial charge in [-0.3, -0.25) is 0 Å². The highest BCUT2D eigenvalue weighted by Crippen LogP contribution is 2.38. The highest BCUT2D eigenvalue weighted by atomic mass is 79.9. The standard InChI is InChI=1S/C10H14BrNS/c1-6-9(11)7(2)13-10(6)8-3-4-12-5-8/h8,12H,3-5H2,1-2H3. The summed E-state index contributed by atoms with van der Waals surface area (Å²) >= 11 is 5.59. The molecule has 3 heteroatoms. The van der Waals surface area contributed by atoms with E-state index in [0.29, 0.717) is 0 Å². The molecular formula is C10H14BrNS. The molecule has 72 valence electrons. The van der Waals surface area contributed by atoms with Crippen LogP contribution in [0.3, 0.4) is 0 Å². The third-order valence-corrected chi connectivity index (χ3v) is 5.52. The first-order valence-corrected chi connectivity index (χ1v) is 6.27. The van der Waals surface area contributed by atoms with Crippen molar-refractivity contribution < 1.29 is 0 Å². The van der Waals surface area contributed by atoms with Crippen LogP contribution in [-0.4, -0.2) is 13.1 Å². The highest BCUT2D eigenvalue weighted by Gasteiger charge is 2.22. The van der Waals surface area contributed by atoms with E-state index >= 15 is 0 Å². The molecule has 1 nitrogen and oxygen atoms in total. The summed E-state index contributed by atoms with van der Waals surface area (Å²) in [5, 5.41) is 3.42. The number of thiophene rings is 1. The molecule has 2 rings (SSSR count). The Hall–Kier alpha value is 0.140. The molecule has 1 unspecified atom stereocenters. The van der Waals surface area contributed by atoms with E-state index in [0.717, 1.165) is 12.5 Å². The van der Waals surface area contributed by atoms with E-state index in [4.69, 9.17) is 0 Å². The molecule has 13 heavy (non-hydrogen) atoms. The molecule has 1 aromatic rings.